The first-order chi connectivity index (χ1) is 6.29. The second kappa shape index (κ2) is 3.40. The van der Waals surface area contributed by atoms with Gasteiger partial charge in [-0.15, -0.1) is 0 Å². The third-order valence-electron chi connectivity index (χ3n) is 2.73. The van der Waals surface area contributed by atoms with Gasteiger partial charge in [0.25, 0.3) is 0 Å². The Labute approximate surface area is 77.7 Å². The van der Waals surface area contributed by atoms with E-state index in [1.165, 1.54) is 0 Å². The molecule has 0 amide bonds. The fourth-order valence-electron chi connectivity index (χ4n) is 2.14. The van der Waals surface area contributed by atoms with Crippen molar-refractivity contribution in [3.63, 3.8) is 0 Å². The number of carbonyl (C=O) groups excluding carboxylic acids is 1. The van der Waals surface area contributed by atoms with Crippen LogP contribution >= 0.6 is 0 Å². The minimum Gasteiger partial charge on any atom is -0.435 e. The normalized spacial score (nSPS) is 35.0. The van der Waals surface area contributed by atoms with Crippen molar-refractivity contribution in [3.8, 4) is 0 Å². The van der Waals surface area contributed by atoms with Gasteiger partial charge in [0.1, 0.15) is 6.10 Å². The van der Waals surface area contributed by atoms with E-state index in [-0.39, 0.29) is 6.10 Å². The van der Waals surface area contributed by atoms with Crippen molar-refractivity contribution >= 4 is 6.16 Å². The fraction of sp³-hybridized carbons (Fsp3) is 0.700. The van der Waals surface area contributed by atoms with Crippen LogP contribution in [-0.4, -0.2) is 18.9 Å². The maximum atomic E-state index is 11.0. The van der Waals surface area contributed by atoms with Crippen LogP contribution in [0.2, 0.25) is 0 Å². The van der Waals surface area contributed by atoms with Gasteiger partial charge in [-0.2, -0.15) is 0 Å². The number of allylic oxidation sites excluding steroid dienone is 1. The van der Waals surface area contributed by atoms with Crippen molar-refractivity contribution in [2.24, 2.45) is 11.8 Å². The highest BCUT2D eigenvalue weighted by Gasteiger charge is 2.38. The molecule has 2 aliphatic rings. The van der Waals surface area contributed by atoms with E-state index in [1.54, 1.807) is 6.92 Å². The second-order valence-electron chi connectivity index (χ2n) is 3.62. The number of hydrogen-bond acceptors (Lipinski definition) is 3. The predicted molar refractivity (Wildman–Crippen MR) is 47.2 cm³/mol. The highest BCUT2D eigenvalue weighted by atomic mass is 16.7. The molecule has 0 aromatic carbocycles. The molecule has 0 aromatic heterocycles. The van der Waals surface area contributed by atoms with Crippen LogP contribution in [-0.2, 0) is 9.47 Å². The number of hydrogen-bond donors (Lipinski definition) is 0. The first-order valence-electron chi connectivity index (χ1n) is 4.81. The Morgan fingerprint density at radius 3 is 2.85 bits per heavy atom. The van der Waals surface area contributed by atoms with Gasteiger partial charge >= 0.3 is 6.16 Å². The molecule has 2 rings (SSSR count). The average molecular weight is 182 g/mol. The summed E-state index contributed by atoms with van der Waals surface area (Å²) in [6.45, 7) is 2.16. The molecule has 3 heteroatoms. The van der Waals surface area contributed by atoms with Crippen molar-refractivity contribution in [1.29, 1.82) is 0 Å². The van der Waals surface area contributed by atoms with Gasteiger partial charge in [0.15, 0.2) is 0 Å². The Morgan fingerprint density at radius 1 is 1.46 bits per heavy atom. The van der Waals surface area contributed by atoms with Crippen molar-refractivity contribution in [2.45, 2.75) is 25.9 Å². The molecule has 0 aromatic rings. The molecule has 2 aliphatic carbocycles. The zero-order valence-corrected chi connectivity index (χ0v) is 7.73. The zero-order valence-electron chi connectivity index (χ0n) is 7.73. The lowest BCUT2D eigenvalue weighted by Crippen LogP contribution is -2.22. The van der Waals surface area contributed by atoms with Crippen LogP contribution in [0.15, 0.2) is 12.2 Å². The molecule has 3 atom stereocenters. The summed E-state index contributed by atoms with van der Waals surface area (Å²) in [5, 5.41) is 0. The van der Waals surface area contributed by atoms with Crippen molar-refractivity contribution in [1.82, 2.24) is 0 Å². The molecular weight excluding hydrogens is 168 g/mol. The molecule has 0 N–H and O–H groups in total. The van der Waals surface area contributed by atoms with Crippen LogP contribution in [0.1, 0.15) is 19.8 Å². The monoisotopic (exact) mass is 182 g/mol. The van der Waals surface area contributed by atoms with E-state index in [9.17, 15) is 4.79 Å². The van der Waals surface area contributed by atoms with Gasteiger partial charge in [0, 0.05) is 5.92 Å². The molecule has 1 saturated carbocycles. The lowest BCUT2D eigenvalue weighted by atomic mass is 10.1. The Balaban J connectivity index is 1.83. The quantitative estimate of drug-likeness (QED) is 0.484. The molecule has 2 bridgehead atoms. The van der Waals surface area contributed by atoms with E-state index in [1.807, 2.05) is 0 Å². The summed E-state index contributed by atoms with van der Waals surface area (Å²) in [6, 6.07) is 0. The molecule has 3 nitrogen and oxygen atoms in total. The van der Waals surface area contributed by atoms with Crippen LogP contribution in [0, 0.1) is 11.8 Å². The molecule has 72 valence electrons. The average Bonchev–Trinajstić information content (AvgIpc) is 2.65. The maximum Gasteiger partial charge on any atom is 0.508 e. The zero-order chi connectivity index (χ0) is 9.26. The Hall–Kier alpha value is -0.990. The van der Waals surface area contributed by atoms with Crippen LogP contribution in [0.5, 0.6) is 0 Å². The first-order valence-corrected chi connectivity index (χ1v) is 4.81. The van der Waals surface area contributed by atoms with Gasteiger partial charge in [-0.05, 0) is 25.7 Å². The molecule has 3 unspecified atom stereocenters. The van der Waals surface area contributed by atoms with Gasteiger partial charge in [0.05, 0.1) is 6.61 Å². The summed E-state index contributed by atoms with van der Waals surface area (Å²) in [6.07, 6.45) is 6.03. The van der Waals surface area contributed by atoms with Crippen molar-refractivity contribution in [3.05, 3.63) is 12.2 Å². The van der Waals surface area contributed by atoms with E-state index in [0.29, 0.717) is 18.4 Å². The van der Waals surface area contributed by atoms with Crippen molar-refractivity contribution in [2.75, 3.05) is 6.61 Å². The highest BCUT2D eigenvalue weighted by molar-refractivity contribution is 5.60. The molecule has 13 heavy (non-hydrogen) atoms. The lowest BCUT2D eigenvalue weighted by molar-refractivity contribution is 0.0179. The summed E-state index contributed by atoms with van der Waals surface area (Å²) in [5.74, 6) is 1.07. The maximum absolute atomic E-state index is 11.0. The summed E-state index contributed by atoms with van der Waals surface area (Å²) < 4.78 is 9.90. The van der Waals surface area contributed by atoms with Crippen molar-refractivity contribution < 1.29 is 14.3 Å². The molecule has 0 heterocycles. The summed E-state index contributed by atoms with van der Waals surface area (Å²) >= 11 is 0. The van der Waals surface area contributed by atoms with Crippen LogP contribution in [0.3, 0.4) is 0 Å². The SMILES string of the molecule is CCOC(=O)OC1CC2C=CC1C2. The number of ether oxygens (including phenoxy) is 2. The molecular formula is C10H14O3. The van der Waals surface area contributed by atoms with Gasteiger partial charge in [0.2, 0.25) is 0 Å². The van der Waals surface area contributed by atoms with Crippen LogP contribution in [0.25, 0.3) is 0 Å². The number of rotatable bonds is 2. The largest absolute Gasteiger partial charge is 0.508 e. The summed E-state index contributed by atoms with van der Waals surface area (Å²) in [7, 11) is 0. The number of carbonyl (C=O) groups is 1. The minimum absolute atomic E-state index is 0.0639. The minimum atomic E-state index is -0.520. The standard InChI is InChI=1S/C10H14O3/c1-2-12-10(11)13-9-6-7-3-4-8(9)5-7/h3-4,7-9H,2,5-6H2,1H3. The van der Waals surface area contributed by atoms with Gasteiger partial charge in [-0.25, -0.2) is 4.79 Å². The third-order valence-corrected chi connectivity index (χ3v) is 2.73. The predicted octanol–water partition coefficient (Wildman–Crippen LogP) is 2.12. The second-order valence-corrected chi connectivity index (χ2v) is 3.62. The molecule has 0 radical (unpaired) electrons. The fourth-order valence-corrected chi connectivity index (χ4v) is 2.14. The van der Waals surface area contributed by atoms with Gasteiger partial charge in [-0.1, -0.05) is 12.2 Å². The third kappa shape index (κ3) is 1.69. The summed E-state index contributed by atoms with van der Waals surface area (Å²) in [5.41, 5.74) is 0. The van der Waals surface area contributed by atoms with Crippen LogP contribution in [0.4, 0.5) is 4.79 Å². The highest BCUT2D eigenvalue weighted by Crippen LogP contribution is 2.40. The molecule has 0 aliphatic heterocycles. The first kappa shape index (κ1) is 8.60. The van der Waals surface area contributed by atoms with E-state index < -0.39 is 6.16 Å². The molecule has 0 saturated heterocycles. The van der Waals surface area contributed by atoms with Gasteiger partial charge < -0.3 is 9.47 Å². The smallest absolute Gasteiger partial charge is 0.435 e. The Morgan fingerprint density at radius 2 is 2.31 bits per heavy atom. The Bertz CT molecular complexity index is 234. The molecule has 0 spiro atoms. The Kier molecular flexibility index (Phi) is 2.25. The van der Waals surface area contributed by atoms with E-state index in [4.69, 9.17) is 9.47 Å². The lowest BCUT2D eigenvalue weighted by Gasteiger charge is -2.17. The molecule has 1 fully saturated rings. The topological polar surface area (TPSA) is 35.5 Å². The summed E-state index contributed by atoms with van der Waals surface area (Å²) in [4.78, 5) is 11.0. The van der Waals surface area contributed by atoms with Gasteiger partial charge in [-0.3, -0.25) is 0 Å². The number of fused-ring (bicyclic) bond motifs is 2. The van der Waals surface area contributed by atoms with Crippen LogP contribution < -0.4 is 0 Å². The van der Waals surface area contributed by atoms with E-state index in [2.05, 4.69) is 12.2 Å². The van der Waals surface area contributed by atoms with E-state index in [0.717, 1.165) is 12.8 Å². The van der Waals surface area contributed by atoms with E-state index >= 15 is 0 Å².